The van der Waals surface area contributed by atoms with Gasteiger partial charge in [-0.15, -0.1) is 0 Å². The minimum Gasteiger partial charge on any atom is -0.319 e. The number of amides is 1. The third kappa shape index (κ3) is 5.26. The fraction of sp³-hybridized carbons (Fsp3) is 0.185. The van der Waals surface area contributed by atoms with Crippen molar-refractivity contribution in [1.29, 1.82) is 0 Å². The average molecular weight is 539 g/mol. The number of fused-ring (bicyclic) bond motifs is 1. The van der Waals surface area contributed by atoms with Gasteiger partial charge in [-0.2, -0.15) is 23.4 Å². The van der Waals surface area contributed by atoms with Crippen molar-refractivity contribution in [3.63, 3.8) is 0 Å². The molecule has 5 aromatic rings. The predicted molar refractivity (Wildman–Crippen MR) is 138 cm³/mol. The first-order valence-electron chi connectivity index (χ1n) is 11.7. The molecule has 7 nitrogen and oxygen atoms in total. The first-order valence-corrected chi connectivity index (χ1v) is 12.1. The topological polar surface area (TPSA) is 77.1 Å². The number of aromatic nitrogens is 5. The summed E-state index contributed by atoms with van der Waals surface area (Å²) < 4.78 is 44.1. The summed E-state index contributed by atoms with van der Waals surface area (Å²) in [6.45, 7) is 4.50. The molecule has 3 heterocycles. The summed E-state index contributed by atoms with van der Waals surface area (Å²) in [6, 6.07) is 15.3. The van der Waals surface area contributed by atoms with Gasteiger partial charge < -0.3 is 5.32 Å². The van der Waals surface area contributed by atoms with E-state index >= 15 is 0 Å². The Bertz CT molecular complexity index is 1610. The molecule has 0 radical (unpaired) electrons. The molecule has 0 atom stereocenters. The monoisotopic (exact) mass is 538 g/mol. The second-order valence-corrected chi connectivity index (χ2v) is 9.54. The number of hydrogen-bond acceptors (Lipinski definition) is 4. The van der Waals surface area contributed by atoms with Gasteiger partial charge in [0.15, 0.2) is 11.3 Å². The van der Waals surface area contributed by atoms with E-state index in [9.17, 15) is 18.0 Å². The predicted octanol–water partition coefficient (Wildman–Crippen LogP) is 6.69. The number of rotatable bonds is 6. The second-order valence-electron chi connectivity index (χ2n) is 9.10. The van der Waals surface area contributed by atoms with E-state index in [4.69, 9.17) is 11.6 Å². The number of benzene rings is 2. The van der Waals surface area contributed by atoms with E-state index < -0.39 is 17.8 Å². The quantitative estimate of drug-likeness (QED) is 0.261. The van der Waals surface area contributed by atoms with E-state index in [1.165, 1.54) is 6.20 Å². The van der Waals surface area contributed by atoms with Gasteiger partial charge in [-0.25, -0.2) is 9.50 Å². The van der Waals surface area contributed by atoms with Crippen LogP contribution in [0, 0.1) is 0 Å². The van der Waals surface area contributed by atoms with Gasteiger partial charge in [0.2, 0.25) is 0 Å². The van der Waals surface area contributed by atoms with Crippen molar-refractivity contribution in [2.24, 2.45) is 0 Å². The van der Waals surface area contributed by atoms with Crippen LogP contribution in [0.25, 0.3) is 16.9 Å². The molecule has 0 aliphatic carbocycles. The van der Waals surface area contributed by atoms with Crippen molar-refractivity contribution < 1.29 is 18.0 Å². The Morgan fingerprint density at radius 1 is 1.03 bits per heavy atom. The molecule has 3 aromatic heterocycles. The minimum atomic E-state index is -4.71. The van der Waals surface area contributed by atoms with Crippen LogP contribution in [0.2, 0.25) is 5.02 Å². The first kappa shape index (κ1) is 25.5. The zero-order valence-electron chi connectivity index (χ0n) is 20.4. The van der Waals surface area contributed by atoms with E-state index in [-0.39, 0.29) is 22.8 Å². The van der Waals surface area contributed by atoms with Crippen molar-refractivity contribution in [3.05, 3.63) is 101 Å². The van der Waals surface area contributed by atoms with Crippen LogP contribution in [0.3, 0.4) is 0 Å². The van der Waals surface area contributed by atoms with E-state index in [0.717, 1.165) is 23.4 Å². The Kier molecular flexibility index (Phi) is 6.66. The molecule has 1 N–H and O–H groups in total. The number of hydrogen-bond donors (Lipinski definition) is 1. The lowest BCUT2D eigenvalue weighted by Crippen LogP contribution is -2.15. The maximum Gasteiger partial charge on any atom is 0.433 e. The summed E-state index contributed by atoms with van der Waals surface area (Å²) in [5.41, 5.74) is 1.64. The maximum atomic E-state index is 13.9. The Balaban J connectivity index is 1.45. The van der Waals surface area contributed by atoms with Gasteiger partial charge in [-0.3, -0.25) is 9.48 Å². The van der Waals surface area contributed by atoms with Gasteiger partial charge in [-0.1, -0.05) is 61.8 Å². The van der Waals surface area contributed by atoms with Crippen molar-refractivity contribution in [2.45, 2.75) is 32.5 Å². The van der Waals surface area contributed by atoms with Crippen molar-refractivity contribution in [3.8, 4) is 11.3 Å². The Labute approximate surface area is 220 Å². The number of carbonyl (C=O) groups excluding carboxylic acids is 1. The van der Waals surface area contributed by atoms with Crippen LogP contribution in [0.15, 0.2) is 73.2 Å². The Morgan fingerprint density at radius 3 is 2.39 bits per heavy atom. The average Bonchev–Trinajstić information content (AvgIpc) is 3.51. The molecule has 0 bridgehead atoms. The molecule has 0 fully saturated rings. The largest absolute Gasteiger partial charge is 0.433 e. The molecule has 194 valence electrons. The molecule has 2 aromatic carbocycles. The summed E-state index contributed by atoms with van der Waals surface area (Å²) in [5.74, 6) is -0.384. The van der Waals surface area contributed by atoms with Gasteiger partial charge in [0.05, 0.1) is 30.3 Å². The SMILES string of the molecule is CC(C)c1ccc(-c2cc(C(F)(F)F)n3ncc(C(=O)Nc4cnn(Cc5ccc(Cl)cc5)c4)c3n2)cc1. The van der Waals surface area contributed by atoms with Gasteiger partial charge in [0.1, 0.15) is 5.56 Å². The maximum absolute atomic E-state index is 13.9. The van der Waals surface area contributed by atoms with Gasteiger partial charge >= 0.3 is 6.18 Å². The standard InChI is InChI=1S/C27H22ClF3N6O/c1-16(2)18-5-7-19(8-6-18)23-11-24(27(29,30)31)37-25(35-23)22(13-33-37)26(38)34-21-12-32-36(15-21)14-17-3-9-20(28)10-4-17/h3-13,15-16H,14H2,1-2H3,(H,34,38). The van der Waals surface area contributed by atoms with E-state index in [2.05, 4.69) is 20.5 Å². The van der Waals surface area contributed by atoms with Gasteiger partial charge in [0.25, 0.3) is 5.91 Å². The Hall–Kier alpha value is -4.18. The van der Waals surface area contributed by atoms with Crippen molar-refractivity contribution in [2.75, 3.05) is 5.32 Å². The number of anilines is 1. The van der Waals surface area contributed by atoms with Crippen LogP contribution in [0.1, 0.15) is 46.9 Å². The zero-order chi connectivity index (χ0) is 27.0. The third-order valence-corrected chi connectivity index (χ3v) is 6.28. The van der Waals surface area contributed by atoms with E-state index in [1.807, 2.05) is 38.1 Å². The highest BCUT2D eigenvalue weighted by molar-refractivity contribution is 6.30. The highest BCUT2D eigenvalue weighted by Gasteiger charge is 2.36. The lowest BCUT2D eigenvalue weighted by molar-refractivity contribution is -0.142. The smallest absolute Gasteiger partial charge is 0.319 e. The van der Waals surface area contributed by atoms with Crippen LogP contribution in [-0.4, -0.2) is 30.3 Å². The number of nitrogens with one attached hydrogen (secondary N) is 1. The van der Waals surface area contributed by atoms with Crippen LogP contribution in [-0.2, 0) is 12.7 Å². The lowest BCUT2D eigenvalue weighted by Gasteiger charge is -2.12. The number of nitrogens with zero attached hydrogens (tertiary/aromatic N) is 5. The van der Waals surface area contributed by atoms with Crippen LogP contribution >= 0.6 is 11.6 Å². The number of alkyl halides is 3. The van der Waals surface area contributed by atoms with Crippen LogP contribution < -0.4 is 5.32 Å². The molecule has 0 unspecified atom stereocenters. The normalized spacial score (nSPS) is 11.9. The first-order chi connectivity index (χ1) is 18.1. The highest BCUT2D eigenvalue weighted by Crippen LogP contribution is 2.33. The van der Waals surface area contributed by atoms with E-state index in [1.54, 1.807) is 35.1 Å². The molecule has 38 heavy (non-hydrogen) atoms. The molecule has 0 saturated carbocycles. The molecule has 0 saturated heterocycles. The fourth-order valence-corrected chi connectivity index (χ4v) is 4.13. The summed E-state index contributed by atoms with van der Waals surface area (Å²) >= 11 is 5.92. The molecule has 0 aliphatic rings. The highest BCUT2D eigenvalue weighted by atomic mass is 35.5. The van der Waals surface area contributed by atoms with Crippen molar-refractivity contribution >= 4 is 28.8 Å². The summed E-state index contributed by atoms with van der Waals surface area (Å²) in [4.78, 5) is 17.5. The van der Waals surface area contributed by atoms with Crippen LogP contribution in [0.5, 0.6) is 0 Å². The van der Waals surface area contributed by atoms with Crippen molar-refractivity contribution in [1.82, 2.24) is 24.4 Å². The lowest BCUT2D eigenvalue weighted by atomic mass is 10.0. The summed E-state index contributed by atoms with van der Waals surface area (Å²) in [5, 5.41) is 11.4. The molecular formula is C27H22ClF3N6O. The molecule has 11 heteroatoms. The minimum absolute atomic E-state index is 0.0884. The van der Waals surface area contributed by atoms with Crippen LogP contribution in [0.4, 0.5) is 18.9 Å². The second kappa shape index (κ2) is 9.94. The fourth-order valence-electron chi connectivity index (χ4n) is 4.00. The summed E-state index contributed by atoms with van der Waals surface area (Å²) in [6.07, 6.45) is -0.558. The van der Waals surface area contributed by atoms with Gasteiger partial charge in [0, 0.05) is 16.8 Å². The third-order valence-electron chi connectivity index (χ3n) is 6.03. The zero-order valence-corrected chi connectivity index (χ0v) is 21.1. The number of carbonyl (C=O) groups is 1. The number of halogens is 4. The molecular weight excluding hydrogens is 517 g/mol. The van der Waals surface area contributed by atoms with Gasteiger partial charge in [-0.05, 0) is 35.2 Å². The Morgan fingerprint density at radius 2 is 1.74 bits per heavy atom. The molecule has 1 amide bonds. The molecule has 0 aliphatic heterocycles. The molecule has 0 spiro atoms. The van der Waals surface area contributed by atoms with E-state index in [0.29, 0.717) is 27.3 Å². The summed E-state index contributed by atoms with van der Waals surface area (Å²) in [7, 11) is 0. The molecule has 5 rings (SSSR count).